The van der Waals surface area contributed by atoms with E-state index < -0.39 is 22.5 Å². The summed E-state index contributed by atoms with van der Waals surface area (Å²) in [5, 5.41) is 8.60. The number of thioether (sulfide) groups is 1. The normalized spacial score (nSPS) is 42.6. The number of amides is 1. The van der Waals surface area contributed by atoms with E-state index in [0.29, 0.717) is 0 Å². The molecule has 2 aliphatic rings. The molecular weight excluding hydrogens is 256 g/mol. The molecule has 2 saturated heterocycles. The van der Waals surface area contributed by atoms with Crippen molar-refractivity contribution < 1.29 is 19.4 Å². The molecule has 0 bridgehead atoms. The maximum atomic E-state index is 11.7. The number of β-lactam (4-membered cyclic amide) rings is 1. The quantitative estimate of drug-likeness (QED) is 0.389. The van der Waals surface area contributed by atoms with Crippen LogP contribution in [-0.4, -0.2) is 57.3 Å². The van der Waals surface area contributed by atoms with Gasteiger partial charge in [-0.2, -0.15) is 0 Å². The lowest BCUT2D eigenvalue weighted by atomic mass is 9.99. The van der Waals surface area contributed by atoms with Crippen molar-refractivity contribution >= 4 is 35.2 Å². The number of carbonyl (C=O) groups is 2. The minimum atomic E-state index is -1.42. The van der Waals surface area contributed by atoms with Gasteiger partial charge in [0, 0.05) is 12.9 Å². The lowest BCUT2D eigenvalue weighted by molar-refractivity contribution is -0.187. The minimum absolute atomic E-state index is 0.0390. The smallest absolute Gasteiger partial charge is 0.327 e. The Hall–Kier alpha value is -0.500. The Balaban J connectivity index is 2.17. The van der Waals surface area contributed by atoms with Gasteiger partial charge in [-0.25, -0.2) is 0 Å². The average Bonchev–Trinajstić information content (AvgIpc) is 2.27. The topological polar surface area (TPSA) is 92.9 Å². The van der Waals surface area contributed by atoms with Crippen LogP contribution in [0, 0.1) is 0 Å². The molecule has 2 fully saturated rings. The number of carboxylic acids is 1. The van der Waals surface area contributed by atoms with E-state index in [4.69, 9.17) is 27.2 Å². The Morgan fingerprint density at radius 1 is 1.81 bits per heavy atom. The number of ether oxygens (including phenoxy) is 1. The number of alkyl halides is 1. The van der Waals surface area contributed by atoms with Crippen LogP contribution in [0.2, 0.25) is 0 Å². The molecule has 1 amide bonds. The molecule has 0 aromatic heterocycles. The van der Waals surface area contributed by atoms with Crippen molar-refractivity contribution in [2.24, 2.45) is 5.73 Å². The van der Waals surface area contributed by atoms with Gasteiger partial charge in [-0.05, 0) is 0 Å². The van der Waals surface area contributed by atoms with Gasteiger partial charge in [-0.15, -0.1) is 23.4 Å². The van der Waals surface area contributed by atoms with Gasteiger partial charge in [-0.1, -0.05) is 0 Å². The van der Waals surface area contributed by atoms with Crippen LogP contribution in [0.15, 0.2) is 0 Å². The molecular formula is C8H11ClN2O4S. The van der Waals surface area contributed by atoms with Crippen molar-refractivity contribution in [2.45, 2.75) is 16.0 Å². The number of nitrogens with zero attached hydrogens (tertiary/aromatic N) is 1. The molecule has 3 N–H and O–H groups in total. The van der Waals surface area contributed by atoms with Crippen molar-refractivity contribution in [1.29, 1.82) is 0 Å². The zero-order chi connectivity index (χ0) is 12.1. The Morgan fingerprint density at radius 3 is 2.94 bits per heavy atom. The first-order chi connectivity index (χ1) is 7.35. The molecule has 2 unspecified atom stereocenters. The number of carboxylic acid groups (broad SMARTS) is 1. The predicted molar refractivity (Wildman–Crippen MR) is 58.1 cm³/mol. The molecule has 0 spiro atoms. The fourth-order valence-corrected chi connectivity index (χ4v) is 3.56. The molecule has 2 heterocycles. The van der Waals surface area contributed by atoms with Gasteiger partial charge in [0.25, 0.3) is 5.91 Å². The number of nitrogens with two attached hydrogens (primary N) is 1. The summed E-state index contributed by atoms with van der Waals surface area (Å²) in [6.45, 7) is -0.0390. The second kappa shape index (κ2) is 3.49. The Bertz CT molecular complexity index is 368. The standard InChI is InChI=1S/C8H11ClN2O4S/c1-15-8(10)4(12)11-2-7(9,6(13)14)3-16-5(8)11/h5H,2-3,10H2,1H3,(H,13,14)/t5-,7?,8?/m1/s1. The highest BCUT2D eigenvalue weighted by Gasteiger charge is 2.64. The summed E-state index contributed by atoms with van der Waals surface area (Å²) in [6.07, 6.45) is 0. The molecule has 0 aromatic rings. The highest BCUT2D eigenvalue weighted by atomic mass is 35.5. The number of hydrogen-bond acceptors (Lipinski definition) is 5. The number of halogens is 1. The number of rotatable bonds is 2. The van der Waals surface area contributed by atoms with Crippen LogP contribution in [-0.2, 0) is 14.3 Å². The van der Waals surface area contributed by atoms with Crippen molar-refractivity contribution in [1.82, 2.24) is 4.90 Å². The van der Waals surface area contributed by atoms with E-state index in [9.17, 15) is 9.59 Å². The molecule has 2 rings (SSSR count). The molecule has 8 heteroatoms. The number of aliphatic carboxylic acids is 1. The Morgan fingerprint density at radius 2 is 2.44 bits per heavy atom. The monoisotopic (exact) mass is 266 g/mol. The minimum Gasteiger partial charge on any atom is -0.480 e. The zero-order valence-electron chi connectivity index (χ0n) is 8.47. The van der Waals surface area contributed by atoms with Crippen molar-refractivity contribution in [3.05, 3.63) is 0 Å². The lowest BCUT2D eigenvalue weighted by Gasteiger charge is -2.56. The largest absolute Gasteiger partial charge is 0.480 e. The predicted octanol–water partition coefficient (Wildman–Crippen LogP) is -0.735. The molecule has 2 aliphatic heterocycles. The Kier molecular flexibility index (Phi) is 2.61. The van der Waals surface area contributed by atoms with E-state index in [1.54, 1.807) is 0 Å². The second-order valence-corrected chi connectivity index (χ2v) is 5.66. The van der Waals surface area contributed by atoms with E-state index in [2.05, 4.69) is 0 Å². The summed E-state index contributed by atoms with van der Waals surface area (Å²) >= 11 is 7.14. The highest BCUT2D eigenvalue weighted by molar-refractivity contribution is 8.00. The van der Waals surface area contributed by atoms with Crippen LogP contribution in [0.25, 0.3) is 0 Å². The van der Waals surface area contributed by atoms with Crippen molar-refractivity contribution in [3.8, 4) is 0 Å². The van der Waals surface area contributed by atoms with Gasteiger partial charge in [-0.3, -0.25) is 15.3 Å². The summed E-state index contributed by atoms with van der Waals surface area (Å²) < 4.78 is 4.96. The maximum absolute atomic E-state index is 11.7. The summed E-state index contributed by atoms with van der Waals surface area (Å²) in [5.74, 6) is -1.35. The first kappa shape index (κ1) is 12.0. The second-order valence-electron chi connectivity index (χ2n) is 3.86. The number of carbonyl (C=O) groups excluding carboxylic acids is 1. The summed E-state index contributed by atoms with van der Waals surface area (Å²) in [4.78, 5) is 22.5. The first-order valence-corrected chi connectivity index (χ1v) is 5.97. The van der Waals surface area contributed by atoms with E-state index in [1.807, 2.05) is 0 Å². The highest BCUT2D eigenvalue weighted by Crippen LogP contribution is 2.45. The Labute approximate surface area is 101 Å². The van der Waals surface area contributed by atoms with Crippen LogP contribution in [0.4, 0.5) is 0 Å². The molecule has 6 nitrogen and oxygen atoms in total. The summed E-state index contributed by atoms with van der Waals surface area (Å²) in [7, 11) is 1.36. The third kappa shape index (κ3) is 1.35. The average molecular weight is 267 g/mol. The third-order valence-corrected chi connectivity index (χ3v) is 5.01. The van der Waals surface area contributed by atoms with Gasteiger partial charge >= 0.3 is 5.97 Å². The van der Waals surface area contributed by atoms with Gasteiger partial charge in [0.1, 0.15) is 5.37 Å². The van der Waals surface area contributed by atoms with E-state index in [-0.39, 0.29) is 17.7 Å². The summed E-state index contributed by atoms with van der Waals surface area (Å²) in [6, 6.07) is 0. The van der Waals surface area contributed by atoms with Crippen LogP contribution < -0.4 is 5.73 Å². The number of fused-ring (bicyclic) bond motifs is 1. The number of hydrogen-bond donors (Lipinski definition) is 2. The van der Waals surface area contributed by atoms with Crippen LogP contribution in [0.3, 0.4) is 0 Å². The molecule has 0 saturated carbocycles. The van der Waals surface area contributed by atoms with Gasteiger partial charge in [0.2, 0.25) is 5.72 Å². The molecule has 0 radical (unpaired) electrons. The fourth-order valence-electron chi connectivity index (χ4n) is 1.81. The van der Waals surface area contributed by atoms with Crippen molar-refractivity contribution in [2.75, 3.05) is 19.4 Å². The molecule has 16 heavy (non-hydrogen) atoms. The number of methoxy groups -OCH3 is 1. The lowest BCUT2D eigenvalue weighted by Crippen LogP contribution is -2.81. The van der Waals surface area contributed by atoms with Crippen molar-refractivity contribution in [3.63, 3.8) is 0 Å². The first-order valence-electron chi connectivity index (χ1n) is 4.54. The van der Waals surface area contributed by atoms with Gasteiger partial charge in [0.15, 0.2) is 4.87 Å². The van der Waals surface area contributed by atoms with Crippen LogP contribution in [0.1, 0.15) is 0 Å². The van der Waals surface area contributed by atoms with E-state index in [1.165, 1.54) is 23.8 Å². The van der Waals surface area contributed by atoms with Crippen LogP contribution >= 0.6 is 23.4 Å². The zero-order valence-corrected chi connectivity index (χ0v) is 10.0. The van der Waals surface area contributed by atoms with Gasteiger partial charge < -0.3 is 14.7 Å². The van der Waals surface area contributed by atoms with Gasteiger partial charge in [0.05, 0.1) is 6.54 Å². The van der Waals surface area contributed by atoms with E-state index in [0.717, 1.165) is 0 Å². The van der Waals surface area contributed by atoms with Crippen LogP contribution in [0.5, 0.6) is 0 Å². The molecule has 90 valence electrons. The summed E-state index contributed by atoms with van der Waals surface area (Å²) in [5.41, 5.74) is 4.41. The third-order valence-electron chi connectivity index (χ3n) is 2.86. The molecule has 0 aromatic carbocycles. The fraction of sp³-hybridized carbons (Fsp3) is 0.750. The maximum Gasteiger partial charge on any atom is 0.327 e. The van der Waals surface area contributed by atoms with E-state index >= 15 is 0 Å². The molecule has 3 atom stereocenters. The SMILES string of the molecule is COC1(N)C(=O)N2CC(Cl)(C(=O)O)CS[C@@H]21. The molecule has 0 aliphatic carbocycles.